The van der Waals surface area contributed by atoms with Crippen LogP contribution >= 0.6 is 15.9 Å². The molecule has 4 heteroatoms. The fourth-order valence-electron chi connectivity index (χ4n) is 2.65. The SMILES string of the molecule is O=C(c1ccc(Br)cc1)N1CCCC1c1ccccn1. The summed E-state index contributed by atoms with van der Waals surface area (Å²) in [6.07, 6.45) is 3.80. The van der Waals surface area contributed by atoms with Gasteiger partial charge in [0, 0.05) is 22.8 Å². The topological polar surface area (TPSA) is 33.2 Å². The smallest absolute Gasteiger partial charge is 0.254 e. The maximum absolute atomic E-state index is 12.6. The number of pyridine rings is 1. The summed E-state index contributed by atoms with van der Waals surface area (Å²) >= 11 is 3.39. The number of halogens is 1. The van der Waals surface area contributed by atoms with Gasteiger partial charge in [-0.3, -0.25) is 9.78 Å². The first-order valence-corrected chi connectivity index (χ1v) is 7.52. The number of aromatic nitrogens is 1. The van der Waals surface area contributed by atoms with Crippen LogP contribution in [0, 0.1) is 0 Å². The standard InChI is InChI=1S/C16H15BrN2O/c17-13-8-6-12(7-9-13)16(20)19-11-3-5-15(19)14-4-1-2-10-18-14/h1-2,4,6-10,15H,3,5,11H2. The maximum Gasteiger partial charge on any atom is 0.254 e. The summed E-state index contributed by atoms with van der Waals surface area (Å²) in [5, 5.41) is 0. The van der Waals surface area contributed by atoms with Crippen LogP contribution in [0.4, 0.5) is 0 Å². The molecule has 1 aromatic carbocycles. The summed E-state index contributed by atoms with van der Waals surface area (Å²) in [5.74, 6) is 0.0886. The molecular weight excluding hydrogens is 316 g/mol. The van der Waals surface area contributed by atoms with Gasteiger partial charge in [-0.15, -0.1) is 0 Å². The van der Waals surface area contributed by atoms with Gasteiger partial charge in [0.05, 0.1) is 11.7 Å². The fourth-order valence-corrected chi connectivity index (χ4v) is 2.91. The molecule has 3 nitrogen and oxygen atoms in total. The minimum absolute atomic E-state index is 0.0886. The summed E-state index contributed by atoms with van der Waals surface area (Å²) in [4.78, 5) is 19.0. The highest BCUT2D eigenvalue weighted by atomic mass is 79.9. The van der Waals surface area contributed by atoms with Crippen LogP contribution in [0.2, 0.25) is 0 Å². The molecule has 2 heterocycles. The third-order valence-corrected chi connectivity index (χ3v) is 4.16. The number of rotatable bonds is 2. The van der Waals surface area contributed by atoms with Crippen LogP contribution in [0.25, 0.3) is 0 Å². The van der Waals surface area contributed by atoms with E-state index in [2.05, 4.69) is 20.9 Å². The predicted molar refractivity (Wildman–Crippen MR) is 81.4 cm³/mol. The molecular formula is C16H15BrN2O. The summed E-state index contributed by atoms with van der Waals surface area (Å²) in [7, 11) is 0. The number of likely N-dealkylation sites (tertiary alicyclic amines) is 1. The summed E-state index contributed by atoms with van der Waals surface area (Å²) < 4.78 is 0.983. The molecule has 102 valence electrons. The largest absolute Gasteiger partial charge is 0.330 e. The summed E-state index contributed by atoms with van der Waals surface area (Å²) in [5.41, 5.74) is 1.71. The maximum atomic E-state index is 12.6. The second-order valence-electron chi connectivity index (χ2n) is 4.92. The zero-order valence-electron chi connectivity index (χ0n) is 11.0. The van der Waals surface area contributed by atoms with E-state index in [1.165, 1.54) is 0 Å². The van der Waals surface area contributed by atoms with E-state index in [0.717, 1.165) is 35.1 Å². The monoisotopic (exact) mass is 330 g/mol. The van der Waals surface area contributed by atoms with Crippen molar-refractivity contribution in [3.63, 3.8) is 0 Å². The Morgan fingerprint density at radius 1 is 1.20 bits per heavy atom. The molecule has 1 aliphatic rings. The molecule has 1 aliphatic heterocycles. The van der Waals surface area contributed by atoms with Crippen LogP contribution in [-0.4, -0.2) is 22.3 Å². The highest BCUT2D eigenvalue weighted by molar-refractivity contribution is 9.10. The first-order valence-electron chi connectivity index (χ1n) is 6.73. The van der Waals surface area contributed by atoms with Crippen molar-refractivity contribution in [1.29, 1.82) is 0 Å². The van der Waals surface area contributed by atoms with Gasteiger partial charge in [-0.1, -0.05) is 22.0 Å². The Morgan fingerprint density at radius 2 is 2.00 bits per heavy atom. The van der Waals surface area contributed by atoms with E-state index in [-0.39, 0.29) is 11.9 Å². The molecule has 1 unspecified atom stereocenters. The lowest BCUT2D eigenvalue weighted by molar-refractivity contribution is 0.0733. The predicted octanol–water partition coefficient (Wildman–Crippen LogP) is 3.82. The van der Waals surface area contributed by atoms with Gasteiger partial charge in [0.15, 0.2) is 0 Å². The number of hydrogen-bond acceptors (Lipinski definition) is 2. The molecule has 0 N–H and O–H groups in total. The van der Waals surface area contributed by atoms with Gasteiger partial charge in [-0.05, 0) is 49.2 Å². The number of carbonyl (C=O) groups excluding carboxylic acids is 1. The zero-order chi connectivity index (χ0) is 13.9. The first-order chi connectivity index (χ1) is 9.75. The van der Waals surface area contributed by atoms with Crippen molar-refractivity contribution >= 4 is 21.8 Å². The third kappa shape index (κ3) is 2.61. The molecule has 1 fully saturated rings. The van der Waals surface area contributed by atoms with Crippen molar-refractivity contribution in [3.8, 4) is 0 Å². The molecule has 0 saturated carbocycles. The van der Waals surface area contributed by atoms with Crippen molar-refractivity contribution in [2.75, 3.05) is 6.54 Å². The number of hydrogen-bond donors (Lipinski definition) is 0. The van der Waals surface area contributed by atoms with Crippen molar-refractivity contribution < 1.29 is 4.79 Å². The summed E-state index contributed by atoms with van der Waals surface area (Å²) in [6.45, 7) is 0.802. The molecule has 3 rings (SSSR count). The van der Waals surface area contributed by atoms with Crippen molar-refractivity contribution in [1.82, 2.24) is 9.88 Å². The van der Waals surface area contributed by atoms with Crippen LogP contribution < -0.4 is 0 Å². The Bertz CT molecular complexity index is 598. The molecule has 1 atom stereocenters. The lowest BCUT2D eigenvalue weighted by Gasteiger charge is -2.24. The molecule has 1 saturated heterocycles. The van der Waals surface area contributed by atoms with Crippen LogP contribution in [0.15, 0.2) is 53.1 Å². The van der Waals surface area contributed by atoms with Gasteiger partial charge in [0.25, 0.3) is 5.91 Å². The van der Waals surface area contributed by atoms with Crippen molar-refractivity contribution in [3.05, 3.63) is 64.4 Å². The van der Waals surface area contributed by atoms with Crippen molar-refractivity contribution in [2.45, 2.75) is 18.9 Å². The highest BCUT2D eigenvalue weighted by Crippen LogP contribution is 2.31. The molecule has 1 aromatic heterocycles. The van der Waals surface area contributed by atoms with Gasteiger partial charge in [0.1, 0.15) is 0 Å². The van der Waals surface area contributed by atoms with E-state index >= 15 is 0 Å². The minimum atomic E-state index is 0.0886. The van der Waals surface area contributed by atoms with E-state index in [4.69, 9.17) is 0 Å². The normalized spacial score (nSPS) is 18.2. The van der Waals surface area contributed by atoms with Crippen LogP contribution in [0.5, 0.6) is 0 Å². The third-order valence-electron chi connectivity index (χ3n) is 3.63. The Hall–Kier alpha value is -1.68. The molecule has 0 radical (unpaired) electrons. The first kappa shape index (κ1) is 13.3. The minimum Gasteiger partial charge on any atom is -0.330 e. The van der Waals surface area contributed by atoms with Crippen LogP contribution in [0.1, 0.15) is 34.9 Å². The lowest BCUT2D eigenvalue weighted by atomic mass is 10.1. The zero-order valence-corrected chi connectivity index (χ0v) is 12.6. The van der Waals surface area contributed by atoms with Crippen LogP contribution in [-0.2, 0) is 0 Å². The molecule has 0 spiro atoms. The number of carbonyl (C=O) groups is 1. The van der Waals surface area contributed by atoms with E-state index in [1.807, 2.05) is 47.4 Å². The Labute approximate surface area is 126 Å². The van der Waals surface area contributed by atoms with Gasteiger partial charge in [0.2, 0.25) is 0 Å². The van der Waals surface area contributed by atoms with E-state index in [9.17, 15) is 4.79 Å². The van der Waals surface area contributed by atoms with E-state index < -0.39 is 0 Å². The highest BCUT2D eigenvalue weighted by Gasteiger charge is 2.31. The Balaban J connectivity index is 1.85. The number of benzene rings is 1. The lowest BCUT2D eigenvalue weighted by Crippen LogP contribution is -2.30. The fraction of sp³-hybridized carbons (Fsp3) is 0.250. The number of nitrogens with zero attached hydrogens (tertiary/aromatic N) is 2. The average Bonchev–Trinajstić information content (AvgIpc) is 2.97. The van der Waals surface area contributed by atoms with E-state index in [0.29, 0.717) is 0 Å². The van der Waals surface area contributed by atoms with Crippen LogP contribution in [0.3, 0.4) is 0 Å². The molecule has 1 amide bonds. The number of amides is 1. The van der Waals surface area contributed by atoms with Gasteiger partial charge < -0.3 is 4.90 Å². The Kier molecular flexibility index (Phi) is 3.83. The quantitative estimate of drug-likeness (QED) is 0.838. The van der Waals surface area contributed by atoms with Gasteiger partial charge in [-0.2, -0.15) is 0 Å². The molecule has 20 heavy (non-hydrogen) atoms. The van der Waals surface area contributed by atoms with E-state index in [1.54, 1.807) is 6.20 Å². The van der Waals surface area contributed by atoms with Gasteiger partial charge >= 0.3 is 0 Å². The van der Waals surface area contributed by atoms with Gasteiger partial charge in [-0.25, -0.2) is 0 Å². The second-order valence-corrected chi connectivity index (χ2v) is 5.83. The second kappa shape index (κ2) is 5.75. The molecule has 0 bridgehead atoms. The van der Waals surface area contributed by atoms with Crippen molar-refractivity contribution in [2.24, 2.45) is 0 Å². The Morgan fingerprint density at radius 3 is 2.70 bits per heavy atom. The molecule has 2 aromatic rings. The summed E-state index contributed by atoms with van der Waals surface area (Å²) in [6, 6.07) is 13.5. The average molecular weight is 331 g/mol. The molecule has 0 aliphatic carbocycles.